The number of ether oxygens (including phenoxy) is 1. The normalized spacial score (nSPS) is 11.0. The van der Waals surface area contributed by atoms with E-state index in [1.165, 1.54) is 0 Å². The van der Waals surface area contributed by atoms with E-state index < -0.39 is 6.03 Å². The number of amides is 2. The number of hydrogen-bond donors (Lipinski definition) is 3. The average molecular weight is 544 g/mol. The lowest BCUT2D eigenvalue weighted by atomic mass is 10.1. The Morgan fingerprint density at radius 3 is 2.49 bits per heavy atom. The van der Waals surface area contributed by atoms with Gasteiger partial charge in [0.2, 0.25) is 0 Å². The second kappa shape index (κ2) is 10.4. The molecule has 3 aromatic heterocycles. The topological polar surface area (TPSA) is 127 Å². The highest BCUT2D eigenvalue weighted by Crippen LogP contribution is 2.36. The third kappa shape index (κ3) is 5.01. The van der Waals surface area contributed by atoms with Crippen LogP contribution in [0.4, 0.5) is 16.3 Å². The third-order valence-electron chi connectivity index (χ3n) is 6.47. The molecular weight excluding hydrogens is 518 g/mol. The molecule has 10 heteroatoms. The molecule has 0 aliphatic rings. The fourth-order valence-corrected chi connectivity index (χ4v) is 4.44. The first-order chi connectivity index (χ1) is 19.9. The molecule has 3 aromatic carbocycles. The molecule has 0 saturated heterocycles. The van der Waals surface area contributed by atoms with Crippen LogP contribution in [0.5, 0.6) is 11.5 Å². The number of nitrogens with zero attached hydrogens (tertiary/aromatic N) is 4. The zero-order valence-electron chi connectivity index (χ0n) is 22.3. The van der Waals surface area contributed by atoms with Crippen molar-refractivity contribution in [3.05, 3.63) is 113 Å². The zero-order valence-corrected chi connectivity index (χ0v) is 22.3. The van der Waals surface area contributed by atoms with E-state index in [1.807, 2.05) is 61.5 Å². The molecule has 3 N–H and O–H groups in total. The number of fused-ring (bicyclic) bond motifs is 2. The molecule has 10 nitrogen and oxygen atoms in total. The van der Waals surface area contributed by atoms with Gasteiger partial charge in [0.25, 0.3) is 5.56 Å². The molecule has 0 radical (unpaired) electrons. The Hall–Kier alpha value is -5.77. The van der Waals surface area contributed by atoms with Crippen LogP contribution in [0, 0.1) is 6.92 Å². The highest BCUT2D eigenvalue weighted by atomic mass is 16.5. The molecule has 202 valence electrons. The monoisotopic (exact) mass is 543 g/mol. The number of anilines is 2. The highest BCUT2D eigenvalue weighted by Gasteiger charge is 2.16. The summed E-state index contributed by atoms with van der Waals surface area (Å²) in [5, 5.41) is 12.0. The molecule has 2 amide bonds. The minimum atomic E-state index is -0.437. The van der Waals surface area contributed by atoms with Crippen molar-refractivity contribution < 1.29 is 9.53 Å². The summed E-state index contributed by atoms with van der Waals surface area (Å²) in [6, 6.07) is 23.6. The van der Waals surface area contributed by atoms with Gasteiger partial charge in [-0.25, -0.2) is 19.4 Å². The summed E-state index contributed by atoms with van der Waals surface area (Å²) < 4.78 is 7.91. The van der Waals surface area contributed by atoms with Crippen molar-refractivity contribution in [1.82, 2.24) is 24.7 Å². The Bertz CT molecular complexity index is 2010. The van der Waals surface area contributed by atoms with Crippen LogP contribution in [-0.4, -0.2) is 30.8 Å². The van der Waals surface area contributed by atoms with Gasteiger partial charge >= 0.3 is 6.03 Å². The molecule has 0 fully saturated rings. The van der Waals surface area contributed by atoms with Crippen LogP contribution in [0.15, 0.2) is 96.4 Å². The van der Waals surface area contributed by atoms with E-state index >= 15 is 0 Å². The number of carbonyl (C=O) groups is 1. The molecule has 0 unspecified atom stereocenters. The predicted molar refractivity (Wildman–Crippen MR) is 160 cm³/mol. The number of urea groups is 1. The zero-order chi connectivity index (χ0) is 28.5. The Morgan fingerprint density at radius 1 is 0.951 bits per heavy atom. The molecule has 0 saturated carbocycles. The quantitative estimate of drug-likeness (QED) is 0.222. The van der Waals surface area contributed by atoms with Gasteiger partial charge in [0, 0.05) is 29.1 Å². The van der Waals surface area contributed by atoms with Crippen molar-refractivity contribution in [2.24, 2.45) is 0 Å². The Kier molecular flexibility index (Phi) is 6.48. The van der Waals surface area contributed by atoms with Gasteiger partial charge in [0.05, 0.1) is 17.1 Å². The molecule has 6 aromatic rings. The maximum Gasteiger partial charge on any atom is 0.324 e. The van der Waals surface area contributed by atoms with Crippen LogP contribution < -0.4 is 20.9 Å². The number of aromatic amines is 1. The average Bonchev–Trinajstić information content (AvgIpc) is 3.40. The lowest BCUT2D eigenvalue weighted by Gasteiger charge is -2.15. The van der Waals surface area contributed by atoms with Gasteiger partial charge in [-0.1, -0.05) is 49.0 Å². The standard InChI is InChI=1S/C31H25N7O3/c1-18(2)24-17-27(38(37-24)20-9-5-4-6-10-20)35-31(40)34-23-13-14-25(22-12-8-7-11-21(22)23)41-26-15-16-32-29-28(26)36-30(39)19(3)33-29/h4-17H,1H2,2-3H3,(H,36,39)(H2,34,35,40). The van der Waals surface area contributed by atoms with Crippen LogP contribution >= 0.6 is 0 Å². The van der Waals surface area contributed by atoms with Crippen LogP contribution in [-0.2, 0) is 0 Å². The first-order valence-corrected chi connectivity index (χ1v) is 12.8. The summed E-state index contributed by atoms with van der Waals surface area (Å²) in [7, 11) is 0. The number of allylic oxidation sites excluding steroid dienone is 1. The van der Waals surface area contributed by atoms with E-state index in [0.717, 1.165) is 22.0 Å². The van der Waals surface area contributed by atoms with Crippen molar-refractivity contribution >= 4 is 45.0 Å². The summed E-state index contributed by atoms with van der Waals surface area (Å²) in [4.78, 5) is 36.7. The maximum atomic E-state index is 13.2. The van der Waals surface area contributed by atoms with Crippen LogP contribution in [0.25, 0.3) is 33.2 Å². The second-order valence-corrected chi connectivity index (χ2v) is 9.44. The SMILES string of the molecule is C=C(C)c1cc(NC(=O)Nc2ccc(Oc3ccnc4nc(C)c(=O)[nH]c34)c3ccccc23)n(-c2ccccc2)n1. The first-order valence-electron chi connectivity index (χ1n) is 12.8. The third-order valence-corrected chi connectivity index (χ3v) is 6.47. The van der Waals surface area contributed by atoms with Crippen LogP contribution in [0.1, 0.15) is 18.3 Å². The van der Waals surface area contributed by atoms with Gasteiger partial charge in [-0.05, 0) is 43.7 Å². The number of aromatic nitrogens is 5. The fraction of sp³-hybridized carbons (Fsp3) is 0.0645. The van der Waals surface area contributed by atoms with Crippen molar-refractivity contribution in [3.8, 4) is 17.2 Å². The van der Waals surface area contributed by atoms with E-state index in [0.29, 0.717) is 45.6 Å². The van der Waals surface area contributed by atoms with Gasteiger partial charge in [0.15, 0.2) is 11.4 Å². The predicted octanol–water partition coefficient (Wildman–Crippen LogP) is 6.43. The van der Waals surface area contributed by atoms with Gasteiger partial charge in [0.1, 0.15) is 22.8 Å². The number of rotatable bonds is 6. The van der Waals surface area contributed by atoms with Gasteiger partial charge < -0.3 is 15.0 Å². The molecule has 0 aliphatic carbocycles. The summed E-state index contributed by atoms with van der Waals surface area (Å²) >= 11 is 0. The van der Waals surface area contributed by atoms with E-state index in [-0.39, 0.29) is 5.56 Å². The van der Waals surface area contributed by atoms with Gasteiger partial charge in [-0.3, -0.25) is 10.1 Å². The molecular formula is C31H25N7O3. The molecule has 6 rings (SSSR count). The van der Waals surface area contributed by atoms with E-state index in [4.69, 9.17) is 4.74 Å². The van der Waals surface area contributed by atoms with Crippen LogP contribution in [0.3, 0.4) is 0 Å². The summed E-state index contributed by atoms with van der Waals surface area (Å²) in [6.45, 7) is 7.46. The number of aryl methyl sites for hydroxylation is 1. The summed E-state index contributed by atoms with van der Waals surface area (Å²) in [6.07, 6.45) is 1.57. The van der Waals surface area contributed by atoms with Crippen molar-refractivity contribution in [1.29, 1.82) is 0 Å². The van der Waals surface area contributed by atoms with Crippen molar-refractivity contribution in [3.63, 3.8) is 0 Å². The lowest BCUT2D eigenvalue weighted by Crippen LogP contribution is -2.21. The van der Waals surface area contributed by atoms with Crippen molar-refractivity contribution in [2.45, 2.75) is 13.8 Å². The first kappa shape index (κ1) is 25.5. The van der Waals surface area contributed by atoms with Gasteiger partial charge in [-0.15, -0.1) is 0 Å². The molecule has 0 atom stereocenters. The molecule has 0 aliphatic heterocycles. The van der Waals surface area contributed by atoms with E-state index in [1.54, 1.807) is 42.1 Å². The minimum Gasteiger partial charge on any atom is -0.454 e. The Labute approximate surface area is 234 Å². The Balaban J connectivity index is 1.30. The number of carbonyl (C=O) groups excluding carboxylic acids is 1. The lowest BCUT2D eigenvalue weighted by molar-refractivity contribution is 0.262. The number of benzene rings is 3. The Morgan fingerprint density at radius 2 is 1.71 bits per heavy atom. The van der Waals surface area contributed by atoms with Crippen LogP contribution in [0.2, 0.25) is 0 Å². The highest BCUT2D eigenvalue weighted by molar-refractivity contribution is 6.07. The van der Waals surface area contributed by atoms with Crippen molar-refractivity contribution in [2.75, 3.05) is 10.6 Å². The number of hydrogen-bond acceptors (Lipinski definition) is 6. The number of nitrogens with one attached hydrogen (secondary N) is 3. The number of pyridine rings is 1. The van der Waals surface area contributed by atoms with Gasteiger partial charge in [-0.2, -0.15) is 5.10 Å². The molecule has 0 bridgehead atoms. The maximum absolute atomic E-state index is 13.2. The summed E-state index contributed by atoms with van der Waals surface area (Å²) in [5.41, 5.74) is 3.63. The fourth-order valence-electron chi connectivity index (χ4n) is 4.44. The smallest absolute Gasteiger partial charge is 0.324 e. The largest absolute Gasteiger partial charge is 0.454 e. The molecule has 3 heterocycles. The molecule has 41 heavy (non-hydrogen) atoms. The van der Waals surface area contributed by atoms with E-state index in [9.17, 15) is 9.59 Å². The van der Waals surface area contributed by atoms with E-state index in [2.05, 4.69) is 37.3 Å². The minimum absolute atomic E-state index is 0.310. The second-order valence-electron chi connectivity index (χ2n) is 9.44. The number of H-pyrrole nitrogens is 1. The summed E-state index contributed by atoms with van der Waals surface area (Å²) in [5.74, 6) is 1.44. The number of para-hydroxylation sites is 1. The molecule has 0 spiro atoms.